The zero-order valence-electron chi connectivity index (χ0n) is 23.8. The minimum atomic E-state index is -1.04. The molecule has 44 heavy (non-hydrogen) atoms. The van der Waals surface area contributed by atoms with Crippen LogP contribution in [0.15, 0.2) is 65.3 Å². The van der Waals surface area contributed by atoms with Gasteiger partial charge in [0.25, 0.3) is 12.9 Å². The molecule has 0 spiro atoms. The quantitative estimate of drug-likeness (QED) is 0.158. The number of fused-ring (bicyclic) bond motifs is 1. The SMILES string of the molecule is CCc1cc([C@H]2O[C@H](c3nc4nc(NCCc5ccccn5)nc(NCc5ccccc5)c4[nH]3)[C@H](OC=O)[C@@H]2OC=O)on1. The van der Waals surface area contributed by atoms with Crippen LogP contribution < -0.4 is 10.6 Å². The summed E-state index contributed by atoms with van der Waals surface area (Å²) in [4.78, 5) is 44.6. The molecule has 5 heterocycles. The third kappa shape index (κ3) is 6.20. The lowest BCUT2D eigenvalue weighted by atomic mass is 10.0. The Balaban J connectivity index is 1.32. The van der Waals surface area contributed by atoms with Crippen LogP contribution in [0.3, 0.4) is 0 Å². The topological polar surface area (TPSA) is 179 Å². The summed E-state index contributed by atoms with van der Waals surface area (Å²) in [7, 11) is 0. The van der Waals surface area contributed by atoms with Crippen LogP contribution in [0.2, 0.25) is 0 Å². The molecule has 0 radical (unpaired) electrons. The van der Waals surface area contributed by atoms with Crippen molar-refractivity contribution >= 4 is 35.9 Å². The zero-order valence-corrected chi connectivity index (χ0v) is 23.8. The molecule has 0 unspecified atom stereocenters. The lowest BCUT2D eigenvalue weighted by molar-refractivity contribution is -0.150. The second-order valence-electron chi connectivity index (χ2n) is 10.00. The van der Waals surface area contributed by atoms with Gasteiger partial charge in [-0.1, -0.05) is 48.5 Å². The molecule has 0 aliphatic carbocycles. The van der Waals surface area contributed by atoms with E-state index >= 15 is 0 Å². The Morgan fingerprint density at radius 2 is 1.73 bits per heavy atom. The number of ether oxygens (including phenoxy) is 3. The van der Waals surface area contributed by atoms with Crippen molar-refractivity contribution in [2.75, 3.05) is 17.2 Å². The summed E-state index contributed by atoms with van der Waals surface area (Å²) < 4.78 is 22.5. The van der Waals surface area contributed by atoms with Crippen molar-refractivity contribution in [1.29, 1.82) is 0 Å². The van der Waals surface area contributed by atoms with Gasteiger partial charge in [-0.05, 0) is 24.1 Å². The Bertz CT molecular complexity index is 1700. The predicted octanol–water partition coefficient (Wildman–Crippen LogP) is 3.46. The van der Waals surface area contributed by atoms with Gasteiger partial charge < -0.3 is 34.4 Å². The Morgan fingerprint density at radius 1 is 0.932 bits per heavy atom. The van der Waals surface area contributed by atoms with Crippen molar-refractivity contribution in [2.24, 2.45) is 0 Å². The van der Waals surface area contributed by atoms with Gasteiger partial charge in [0.1, 0.15) is 11.3 Å². The lowest BCUT2D eigenvalue weighted by Gasteiger charge is -2.19. The van der Waals surface area contributed by atoms with Gasteiger partial charge in [-0.15, -0.1) is 0 Å². The number of nitrogens with one attached hydrogen (secondary N) is 3. The molecule has 1 aromatic carbocycles. The summed E-state index contributed by atoms with van der Waals surface area (Å²) in [5, 5.41) is 10.6. The van der Waals surface area contributed by atoms with E-state index in [1.54, 1.807) is 12.3 Å². The number of hydrogen-bond acceptors (Lipinski definition) is 13. The molecule has 14 nitrogen and oxygen atoms in total. The number of H-pyrrole nitrogens is 1. The van der Waals surface area contributed by atoms with Gasteiger partial charge in [0.2, 0.25) is 5.95 Å². The maximum atomic E-state index is 11.5. The molecule has 0 bridgehead atoms. The molecule has 1 fully saturated rings. The fraction of sp³-hybridized carbons (Fsp3) is 0.300. The second kappa shape index (κ2) is 13.3. The lowest BCUT2D eigenvalue weighted by Crippen LogP contribution is -2.32. The monoisotopic (exact) mass is 598 g/mol. The first-order valence-electron chi connectivity index (χ1n) is 14.1. The number of hydrogen-bond donors (Lipinski definition) is 3. The first-order chi connectivity index (χ1) is 21.7. The summed E-state index contributed by atoms with van der Waals surface area (Å²) in [6.45, 7) is 3.52. The van der Waals surface area contributed by atoms with E-state index in [4.69, 9.17) is 28.7 Å². The van der Waals surface area contributed by atoms with E-state index < -0.39 is 24.4 Å². The molecular weight excluding hydrogens is 568 g/mol. The molecule has 3 N–H and O–H groups in total. The first-order valence-corrected chi connectivity index (χ1v) is 14.1. The Morgan fingerprint density at radius 3 is 2.45 bits per heavy atom. The number of aromatic amines is 1. The molecule has 0 amide bonds. The van der Waals surface area contributed by atoms with Crippen LogP contribution in [-0.4, -0.2) is 61.8 Å². The maximum Gasteiger partial charge on any atom is 0.293 e. The van der Waals surface area contributed by atoms with E-state index in [0.29, 0.717) is 66.1 Å². The van der Waals surface area contributed by atoms with Gasteiger partial charge in [0.15, 0.2) is 41.6 Å². The number of nitrogens with zero attached hydrogens (tertiary/aromatic N) is 5. The summed E-state index contributed by atoms with van der Waals surface area (Å²) in [5.41, 5.74) is 3.55. The summed E-state index contributed by atoms with van der Waals surface area (Å²) in [6.07, 6.45) is -0.859. The number of benzene rings is 1. The normalized spacial score (nSPS) is 19.5. The number of rotatable bonds is 14. The minimum absolute atomic E-state index is 0.278. The van der Waals surface area contributed by atoms with Crippen molar-refractivity contribution in [3.8, 4) is 0 Å². The minimum Gasteiger partial charge on any atom is -0.457 e. The van der Waals surface area contributed by atoms with Crippen LogP contribution in [0.5, 0.6) is 0 Å². The average Bonchev–Trinajstić information content (AvgIpc) is 3.79. The van der Waals surface area contributed by atoms with Crippen molar-refractivity contribution in [3.05, 3.63) is 89.3 Å². The molecule has 226 valence electrons. The van der Waals surface area contributed by atoms with Crippen LogP contribution in [0.25, 0.3) is 11.2 Å². The largest absolute Gasteiger partial charge is 0.457 e. The third-order valence-corrected chi connectivity index (χ3v) is 7.19. The Labute approximate surface area is 251 Å². The number of imidazole rings is 1. The summed E-state index contributed by atoms with van der Waals surface area (Å²) in [6, 6.07) is 17.4. The highest BCUT2D eigenvalue weighted by Gasteiger charge is 2.52. The highest BCUT2D eigenvalue weighted by molar-refractivity contribution is 5.84. The number of carbonyl (C=O) groups excluding carboxylic acids is 2. The number of aromatic nitrogens is 6. The highest BCUT2D eigenvalue weighted by Crippen LogP contribution is 2.44. The van der Waals surface area contributed by atoms with Gasteiger partial charge >= 0.3 is 0 Å². The van der Waals surface area contributed by atoms with E-state index in [0.717, 1.165) is 11.3 Å². The van der Waals surface area contributed by atoms with Crippen LogP contribution >= 0.6 is 0 Å². The van der Waals surface area contributed by atoms with E-state index in [1.807, 2.05) is 55.5 Å². The van der Waals surface area contributed by atoms with Crippen molar-refractivity contribution in [1.82, 2.24) is 30.1 Å². The molecule has 4 atom stereocenters. The Kier molecular flexibility index (Phi) is 8.68. The average molecular weight is 599 g/mol. The van der Waals surface area contributed by atoms with E-state index in [9.17, 15) is 9.59 Å². The maximum absolute atomic E-state index is 11.5. The molecular formula is C30H30N8O6. The third-order valence-electron chi connectivity index (χ3n) is 7.19. The standard InChI is InChI=1S/C30H30N8O6/c1-2-19-14-21(44-38-19)23-24(41-16-39)25(42-17-40)26(43-23)29-34-22-27(33-15-18-8-4-3-5-9-18)36-30(37-28(22)35-29)32-13-11-20-10-6-7-12-31-20/h3-10,12,14,16-17,23-26H,2,11,13,15H2,1H3,(H3,32,33,34,35,36,37)/t23-,24-,25-,26+/m1/s1. The Hall–Kier alpha value is -5.37. The van der Waals surface area contributed by atoms with E-state index in [2.05, 4.69) is 30.7 Å². The van der Waals surface area contributed by atoms with Crippen LogP contribution in [-0.2, 0) is 43.2 Å². The van der Waals surface area contributed by atoms with Gasteiger partial charge in [-0.2, -0.15) is 9.97 Å². The van der Waals surface area contributed by atoms with Crippen LogP contribution in [0.1, 0.15) is 47.7 Å². The molecule has 14 heteroatoms. The molecule has 1 aliphatic heterocycles. The van der Waals surface area contributed by atoms with E-state index in [-0.39, 0.29) is 12.9 Å². The highest BCUT2D eigenvalue weighted by atomic mass is 16.6. The molecule has 6 rings (SSSR count). The van der Waals surface area contributed by atoms with Crippen molar-refractivity contribution in [3.63, 3.8) is 0 Å². The molecule has 1 aliphatic rings. The summed E-state index contributed by atoms with van der Waals surface area (Å²) >= 11 is 0. The number of anilines is 2. The van der Waals surface area contributed by atoms with Gasteiger partial charge in [0.05, 0.1) is 5.69 Å². The number of pyridine rings is 1. The number of aryl methyl sites for hydroxylation is 1. The fourth-order valence-corrected chi connectivity index (χ4v) is 5.05. The van der Waals surface area contributed by atoms with Crippen molar-refractivity contribution < 1.29 is 28.3 Å². The van der Waals surface area contributed by atoms with Gasteiger partial charge in [0, 0.05) is 37.5 Å². The van der Waals surface area contributed by atoms with E-state index in [1.165, 1.54) is 0 Å². The summed E-state index contributed by atoms with van der Waals surface area (Å²) in [5.74, 6) is 1.50. The molecule has 1 saturated heterocycles. The first kappa shape index (κ1) is 28.7. The van der Waals surface area contributed by atoms with Gasteiger partial charge in [-0.3, -0.25) is 14.6 Å². The fourth-order valence-electron chi connectivity index (χ4n) is 5.05. The van der Waals surface area contributed by atoms with Gasteiger partial charge in [-0.25, -0.2) is 4.98 Å². The van der Waals surface area contributed by atoms with Crippen LogP contribution in [0, 0.1) is 0 Å². The predicted molar refractivity (Wildman–Crippen MR) is 156 cm³/mol. The number of carbonyl (C=O) groups is 2. The molecule has 4 aromatic heterocycles. The second-order valence-corrected chi connectivity index (χ2v) is 10.00. The molecule has 5 aromatic rings. The van der Waals surface area contributed by atoms with Crippen LogP contribution in [0.4, 0.5) is 11.8 Å². The molecule has 0 saturated carbocycles. The zero-order chi connectivity index (χ0) is 30.3. The smallest absolute Gasteiger partial charge is 0.293 e. The van der Waals surface area contributed by atoms with Crippen molar-refractivity contribution in [2.45, 2.75) is 50.7 Å².